The maximum Gasteiger partial charge on any atom is 0.227 e. The fourth-order valence-corrected chi connectivity index (χ4v) is 5.52. The highest BCUT2D eigenvalue weighted by Crippen LogP contribution is 2.43. The normalized spacial score (nSPS) is 22.2. The maximum atomic E-state index is 15.2. The van der Waals surface area contributed by atoms with Crippen molar-refractivity contribution in [2.75, 3.05) is 55.0 Å². The fraction of sp³-hybridized carbons (Fsp3) is 0.444. The number of aromatic nitrogens is 3. The topological polar surface area (TPSA) is 95.4 Å². The highest BCUT2D eigenvalue weighted by molar-refractivity contribution is 5.69. The zero-order chi connectivity index (χ0) is 24.9. The number of aliphatic hydroxyl groups excluding tert-OH is 1. The third kappa shape index (κ3) is 3.96. The molecule has 8 nitrogen and oxygen atoms in total. The fourth-order valence-electron chi connectivity index (χ4n) is 5.52. The van der Waals surface area contributed by atoms with Gasteiger partial charge in [-0.3, -0.25) is 0 Å². The first-order valence-electron chi connectivity index (χ1n) is 12.5. The summed E-state index contributed by atoms with van der Waals surface area (Å²) >= 11 is 0. The molecule has 3 aliphatic heterocycles. The molecule has 0 aliphatic carbocycles. The largest absolute Gasteiger partial charge is 0.395 e. The van der Waals surface area contributed by atoms with Crippen LogP contribution in [0.15, 0.2) is 36.7 Å². The average Bonchev–Trinajstić information content (AvgIpc) is 3.22. The lowest BCUT2D eigenvalue weighted by atomic mass is 9.73. The minimum absolute atomic E-state index is 0.0301. The molecule has 2 fully saturated rings. The molecule has 0 bridgehead atoms. The number of aryl methyl sites for hydroxylation is 1. The third-order valence-corrected chi connectivity index (χ3v) is 7.97. The van der Waals surface area contributed by atoms with Crippen LogP contribution in [0.3, 0.4) is 0 Å². The maximum absolute atomic E-state index is 15.2. The number of nitrogens with one attached hydrogen (secondary N) is 2. The van der Waals surface area contributed by atoms with Crippen LogP contribution in [0.2, 0.25) is 0 Å². The third-order valence-electron chi connectivity index (χ3n) is 7.97. The van der Waals surface area contributed by atoms with Crippen LogP contribution in [0.25, 0.3) is 11.3 Å². The lowest BCUT2D eigenvalue weighted by molar-refractivity contribution is -0.000389. The number of rotatable bonds is 5. The molecule has 2 saturated heterocycles. The van der Waals surface area contributed by atoms with Crippen molar-refractivity contribution < 1.29 is 14.2 Å². The summed E-state index contributed by atoms with van der Waals surface area (Å²) < 4.78 is 20.7. The zero-order valence-electron chi connectivity index (χ0n) is 20.6. The molecule has 9 heteroatoms. The number of benzene rings is 1. The van der Waals surface area contributed by atoms with Crippen molar-refractivity contribution in [1.29, 1.82) is 0 Å². The van der Waals surface area contributed by atoms with Gasteiger partial charge in [-0.15, -0.1) is 0 Å². The molecule has 0 amide bonds. The lowest BCUT2D eigenvalue weighted by Gasteiger charge is -2.53. The second-order valence-electron chi connectivity index (χ2n) is 10.7. The van der Waals surface area contributed by atoms with Crippen LogP contribution in [-0.2, 0) is 10.2 Å². The van der Waals surface area contributed by atoms with Crippen molar-refractivity contribution in [3.63, 3.8) is 0 Å². The van der Waals surface area contributed by atoms with Gasteiger partial charge in [0.1, 0.15) is 11.6 Å². The molecule has 5 heterocycles. The van der Waals surface area contributed by atoms with Crippen molar-refractivity contribution in [3.8, 4) is 11.3 Å². The number of halogens is 1. The van der Waals surface area contributed by atoms with Gasteiger partial charge in [-0.1, -0.05) is 6.92 Å². The van der Waals surface area contributed by atoms with Gasteiger partial charge in [0, 0.05) is 72.9 Å². The molecule has 0 radical (unpaired) electrons. The summed E-state index contributed by atoms with van der Waals surface area (Å²) in [6.45, 7) is 8.00. The van der Waals surface area contributed by atoms with Crippen LogP contribution in [0, 0.1) is 18.2 Å². The molecule has 3 N–H and O–H groups in total. The molecule has 3 aromatic rings. The molecule has 1 atom stereocenters. The van der Waals surface area contributed by atoms with E-state index < -0.39 is 0 Å². The molecule has 188 valence electrons. The molecular formula is C27H31FN6O2. The van der Waals surface area contributed by atoms with Gasteiger partial charge in [-0.25, -0.2) is 19.3 Å². The minimum Gasteiger partial charge on any atom is -0.395 e. The Morgan fingerprint density at radius 3 is 2.78 bits per heavy atom. The monoisotopic (exact) mass is 490 g/mol. The summed E-state index contributed by atoms with van der Waals surface area (Å²) in [5.41, 5.74) is 4.61. The van der Waals surface area contributed by atoms with E-state index in [1.54, 1.807) is 12.4 Å². The molecule has 2 aromatic heterocycles. The number of hydrogen-bond acceptors (Lipinski definition) is 8. The van der Waals surface area contributed by atoms with E-state index in [0.717, 1.165) is 61.7 Å². The summed E-state index contributed by atoms with van der Waals surface area (Å²) in [5, 5.41) is 16.3. The molecule has 6 rings (SSSR count). The second kappa shape index (κ2) is 8.67. The second-order valence-corrected chi connectivity index (χ2v) is 10.7. The highest BCUT2D eigenvalue weighted by atomic mass is 19.1. The highest BCUT2D eigenvalue weighted by Gasteiger charge is 2.44. The van der Waals surface area contributed by atoms with E-state index in [4.69, 9.17) is 4.74 Å². The van der Waals surface area contributed by atoms with E-state index in [0.29, 0.717) is 29.6 Å². The van der Waals surface area contributed by atoms with Crippen LogP contribution in [-0.4, -0.2) is 59.5 Å². The lowest BCUT2D eigenvalue weighted by Crippen LogP contribution is -2.58. The van der Waals surface area contributed by atoms with Gasteiger partial charge in [0.2, 0.25) is 5.95 Å². The van der Waals surface area contributed by atoms with Crippen LogP contribution < -0.4 is 15.5 Å². The van der Waals surface area contributed by atoms with Gasteiger partial charge < -0.3 is 25.4 Å². The quantitative estimate of drug-likeness (QED) is 0.494. The Hall–Kier alpha value is -3.30. The van der Waals surface area contributed by atoms with Crippen molar-refractivity contribution in [1.82, 2.24) is 15.0 Å². The van der Waals surface area contributed by atoms with Crippen molar-refractivity contribution in [3.05, 3.63) is 53.6 Å². The Labute approximate surface area is 209 Å². The van der Waals surface area contributed by atoms with Gasteiger partial charge in [0.25, 0.3) is 0 Å². The van der Waals surface area contributed by atoms with Gasteiger partial charge in [-0.05, 0) is 49.6 Å². The molecular weight excluding hydrogens is 459 g/mol. The smallest absolute Gasteiger partial charge is 0.227 e. The van der Waals surface area contributed by atoms with E-state index in [1.165, 1.54) is 6.07 Å². The van der Waals surface area contributed by atoms with Gasteiger partial charge in [0.15, 0.2) is 0 Å². The summed E-state index contributed by atoms with van der Waals surface area (Å²) in [6.07, 6.45) is 5.54. The molecule has 1 unspecified atom stereocenters. The molecule has 36 heavy (non-hydrogen) atoms. The first-order valence-corrected chi connectivity index (χ1v) is 12.5. The van der Waals surface area contributed by atoms with E-state index in [1.807, 2.05) is 32.0 Å². The van der Waals surface area contributed by atoms with E-state index >= 15 is 4.39 Å². The zero-order valence-corrected chi connectivity index (χ0v) is 20.6. The summed E-state index contributed by atoms with van der Waals surface area (Å²) in [4.78, 5) is 15.7. The predicted molar refractivity (Wildman–Crippen MR) is 137 cm³/mol. The van der Waals surface area contributed by atoms with Crippen molar-refractivity contribution >= 4 is 23.1 Å². The number of ether oxygens (including phenoxy) is 1. The average molecular weight is 491 g/mol. The SMILES string of the molecule is Cc1cc(N2CC3(CCOCC3)C2)c(F)cc1Nc1nccc(-c2cnc3c(c2)C(C)(CO)CN3)n1. The Morgan fingerprint density at radius 2 is 2.00 bits per heavy atom. The van der Waals surface area contributed by atoms with Crippen LogP contribution >= 0.6 is 0 Å². The number of aliphatic hydroxyl groups is 1. The predicted octanol–water partition coefficient (Wildman–Crippen LogP) is 4.02. The summed E-state index contributed by atoms with van der Waals surface area (Å²) in [7, 11) is 0. The molecule has 0 saturated carbocycles. The Kier molecular flexibility index (Phi) is 5.57. The first-order chi connectivity index (χ1) is 17.4. The summed E-state index contributed by atoms with van der Waals surface area (Å²) in [6, 6.07) is 7.27. The van der Waals surface area contributed by atoms with Crippen molar-refractivity contribution in [2.24, 2.45) is 5.41 Å². The number of hydrogen-bond donors (Lipinski definition) is 3. The molecule has 1 spiro atoms. The number of nitrogens with zero attached hydrogens (tertiary/aromatic N) is 4. The van der Waals surface area contributed by atoms with Crippen LogP contribution in [0.1, 0.15) is 30.9 Å². The summed E-state index contributed by atoms with van der Waals surface area (Å²) in [5.74, 6) is 0.926. The van der Waals surface area contributed by atoms with Gasteiger partial charge >= 0.3 is 0 Å². The molecule has 3 aliphatic rings. The van der Waals surface area contributed by atoms with Gasteiger partial charge in [-0.2, -0.15) is 0 Å². The van der Waals surface area contributed by atoms with Crippen molar-refractivity contribution in [2.45, 2.75) is 32.1 Å². The first kappa shape index (κ1) is 23.1. The number of pyridine rings is 1. The Bertz CT molecular complexity index is 1300. The van der Waals surface area contributed by atoms with Gasteiger partial charge in [0.05, 0.1) is 18.0 Å². The standard InChI is InChI=1S/C27H31FN6O2/c1-17-9-23(34-14-27(15-34)4-7-36-8-5-27)20(28)11-22(17)33-25-29-6-3-21(32-25)18-10-19-24(30-12-18)31-13-26(19,2)16-35/h3,6,9-12,35H,4-5,7-8,13-16H2,1-2H3,(H,30,31)(H,29,32,33). The number of anilines is 4. The number of fused-ring (bicyclic) bond motifs is 1. The Morgan fingerprint density at radius 1 is 1.19 bits per heavy atom. The van der Waals surface area contributed by atoms with E-state index in [9.17, 15) is 5.11 Å². The van der Waals surface area contributed by atoms with E-state index in [2.05, 4.69) is 30.5 Å². The minimum atomic E-state index is -0.385. The Balaban J connectivity index is 1.21. The van der Waals surface area contributed by atoms with Crippen LogP contribution in [0.5, 0.6) is 0 Å². The molecule has 1 aromatic carbocycles. The van der Waals surface area contributed by atoms with Crippen LogP contribution in [0.4, 0.5) is 27.5 Å². The van der Waals surface area contributed by atoms with E-state index in [-0.39, 0.29) is 23.3 Å².